The molecule has 0 bridgehead atoms. The standard InChI is InChI=1S/C29H24N4O4/c1-2-36-29(35)37-28-13-6-5-12-23(28)27-18-25(31-33-27)21-10-7-9-20(16-21)24-17-26(32-30-24)22-11-4-3-8-19(22)14-15-34/h3-13,15-18H,2,14H2,1H3,(H,30,32)(H,31,33). The SMILES string of the molecule is CCOC(=O)Oc1ccccc1-c1cc(-c2cccc(-c3cc(-c4ccccc4CC=O)[nH]n3)c2)n[nH]1. The average molecular weight is 493 g/mol. The van der Waals surface area contributed by atoms with E-state index in [0.717, 1.165) is 45.6 Å². The number of aromatic nitrogens is 4. The first kappa shape index (κ1) is 23.7. The van der Waals surface area contributed by atoms with Gasteiger partial charge >= 0.3 is 6.16 Å². The number of aldehydes is 1. The second-order valence-electron chi connectivity index (χ2n) is 8.22. The van der Waals surface area contributed by atoms with E-state index >= 15 is 0 Å². The minimum atomic E-state index is -0.755. The maximum absolute atomic E-state index is 11.8. The molecule has 0 radical (unpaired) electrons. The third-order valence-corrected chi connectivity index (χ3v) is 5.85. The summed E-state index contributed by atoms with van der Waals surface area (Å²) in [6, 6.07) is 26.8. The molecule has 2 N–H and O–H groups in total. The summed E-state index contributed by atoms with van der Waals surface area (Å²) in [5.41, 5.74) is 7.46. The topological polar surface area (TPSA) is 110 Å². The van der Waals surface area contributed by atoms with Gasteiger partial charge in [-0.3, -0.25) is 10.2 Å². The second kappa shape index (κ2) is 10.7. The molecule has 0 aliphatic carbocycles. The van der Waals surface area contributed by atoms with E-state index in [4.69, 9.17) is 9.47 Å². The number of H-pyrrole nitrogens is 2. The molecule has 8 nitrogen and oxygen atoms in total. The fourth-order valence-corrected chi connectivity index (χ4v) is 4.12. The molecule has 5 aromatic rings. The summed E-state index contributed by atoms with van der Waals surface area (Å²) in [6.45, 7) is 1.95. The van der Waals surface area contributed by atoms with Gasteiger partial charge in [0.05, 0.1) is 29.4 Å². The molecule has 0 saturated heterocycles. The van der Waals surface area contributed by atoms with Gasteiger partial charge in [-0.05, 0) is 42.8 Å². The monoisotopic (exact) mass is 492 g/mol. The molecule has 0 amide bonds. The normalized spacial score (nSPS) is 10.7. The summed E-state index contributed by atoms with van der Waals surface area (Å²) >= 11 is 0. The van der Waals surface area contributed by atoms with Crippen LogP contribution < -0.4 is 4.74 Å². The van der Waals surface area contributed by atoms with Crippen molar-refractivity contribution in [3.63, 3.8) is 0 Å². The van der Waals surface area contributed by atoms with Crippen LogP contribution in [0.15, 0.2) is 84.9 Å². The fraction of sp³-hybridized carbons (Fsp3) is 0.103. The zero-order valence-electron chi connectivity index (χ0n) is 20.1. The summed E-state index contributed by atoms with van der Waals surface area (Å²) in [5, 5.41) is 15.1. The Bertz CT molecular complexity index is 1550. The van der Waals surface area contributed by atoms with Gasteiger partial charge in [0.15, 0.2) is 0 Å². The number of ether oxygens (including phenoxy) is 2. The molecule has 0 spiro atoms. The van der Waals surface area contributed by atoms with Gasteiger partial charge in [-0.2, -0.15) is 10.2 Å². The molecule has 0 fully saturated rings. The van der Waals surface area contributed by atoms with E-state index in [2.05, 4.69) is 20.4 Å². The van der Waals surface area contributed by atoms with Crippen molar-refractivity contribution in [2.24, 2.45) is 0 Å². The van der Waals surface area contributed by atoms with E-state index in [1.807, 2.05) is 72.8 Å². The Morgan fingerprint density at radius 3 is 2.11 bits per heavy atom. The maximum Gasteiger partial charge on any atom is 0.513 e. The van der Waals surface area contributed by atoms with Crippen molar-refractivity contribution in [1.29, 1.82) is 0 Å². The van der Waals surface area contributed by atoms with E-state index in [9.17, 15) is 9.59 Å². The van der Waals surface area contributed by atoms with Gasteiger partial charge in [0, 0.05) is 28.7 Å². The zero-order valence-corrected chi connectivity index (χ0v) is 20.1. The van der Waals surface area contributed by atoms with Crippen molar-refractivity contribution in [2.45, 2.75) is 13.3 Å². The number of hydrogen-bond donors (Lipinski definition) is 2. The van der Waals surface area contributed by atoms with E-state index in [1.54, 1.807) is 19.1 Å². The third-order valence-electron chi connectivity index (χ3n) is 5.85. The number of para-hydroxylation sites is 1. The van der Waals surface area contributed by atoms with E-state index in [0.29, 0.717) is 23.4 Å². The quantitative estimate of drug-likeness (QED) is 0.154. The molecule has 0 saturated carbocycles. The Kier molecular flexibility index (Phi) is 6.89. The molecule has 184 valence electrons. The molecule has 37 heavy (non-hydrogen) atoms. The Morgan fingerprint density at radius 1 is 0.811 bits per heavy atom. The highest BCUT2D eigenvalue weighted by Crippen LogP contribution is 2.33. The average Bonchev–Trinajstić information content (AvgIpc) is 3.61. The number of nitrogens with one attached hydrogen (secondary N) is 2. The van der Waals surface area contributed by atoms with Gasteiger partial charge in [0.25, 0.3) is 0 Å². The molecule has 8 heteroatoms. The predicted molar refractivity (Wildman–Crippen MR) is 140 cm³/mol. The summed E-state index contributed by atoms with van der Waals surface area (Å²) in [5.74, 6) is 0.379. The van der Waals surface area contributed by atoms with E-state index < -0.39 is 6.16 Å². The number of rotatable bonds is 8. The van der Waals surface area contributed by atoms with E-state index in [1.165, 1.54) is 0 Å². The van der Waals surface area contributed by atoms with Gasteiger partial charge in [-0.15, -0.1) is 0 Å². The van der Waals surface area contributed by atoms with Crippen molar-refractivity contribution < 1.29 is 19.1 Å². The number of carbonyl (C=O) groups is 2. The molecule has 0 aliphatic rings. The molecule has 0 unspecified atom stereocenters. The lowest BCUT2D eigenvalue weighted by Gasteiger charge is -2.08. The van der Waals surface area contributed by atoms with Gasteiger partial charge < -0.3 is 14.3 Å². The zero-order chi connectivity index (χ0) is 25.6. The Balaban J connectivity index is 1.42. The van der Waals surface area contributed by atoms with Crippen molar-refractivity contribution in [2.75, 3.05) is 6.61 Å². The first-order chi connectivity index (χ1) is 18.2. The van der Waals surface area contributed by atoms with Crippen LogP contribution in [-0.2, 0) is 16.0 Å². The van der Waals surface area contributed by atoms with Crippen LogP contribution in [-0.4, -0.2) is 39.4 Å². The van der Waals surface area contributed by atoms with Crippen molar-refractivity contribution in [3.8, 4) is 50.8 Å². The highest BCUT2D eigenvalue weighted by atomic mass is 16.7. The van der Waals surface area contributed by atoms with Gasteiger partial charge in [0.2, 0.25) is 0 Å². The second-order valence-corrected chi connectivity index (χ2v) is 8.22. The molecule has 0 atom stereocenters. The number of hydrogen-bond acceptors (Lipinski definition) is 6. The summed E-state index contributed by atoms with van der Waals surface area (Å²) < 4.78 is 10.3. The number of nitrogens with zero attached hydrogens (tertiary/aromatic N) is 2. The Morgan fingerprint density at radius 2 is 1.43 bits per heavy atom. The number of benzene rings is 3. The first-order valence-corrected chi connectivity index (χ1v) is 11.8. The Labute approximate surface area is 213 Å². The van der Waals surface area contributed by atoms with Crippen molar-refractivity contribution in [3.05, 3.63) is 90.5 Å². The van der Waals surface area contributed by atoms with Crippen LogP contribution in [0, 0.1) is 0 Å². The molecular weight excluding hydrogens is 468 g/mol. The van der Waals surface area contributed by atoms with Crippen LogP contribution in [0.5, 0.6) is 5.75 Å². The largest absolute Gasteiger partial charge is 0.513 e. The lowest BCUT2D eigenvalue weighted by molar-refractivity contribution is -0.107. The fourth-order valence-electron chi connectivity index (χ4n) is 4.12. The van der Waals surface area contributed by atoms with Gasteiger partial charge in [-0.1, -0.05) is 54.6 Å². The summed E-state index contributed by atoms with van der Waals surface area (Å²) in [6.07, 6.45) is 0.490. The molecule has 5 rings (SSSR count). The van der Waals surface area contributed by atoms with Crippen molar-refractivity contribution in [1.82, 2.24) is 20.4 Å². The first-order valence-electron chi connectivity index (χ1n) is 11.8. The molecule has 3 aromatic carbocycles. The Hall–Kier alpha value is -4.98. The van der Waals surface area contributed by atoms with Crippen molar-refractivity contribution >= 4 is 12.4 Å². The van der Waals surface area contributed by atoms with Gasteiger partial charge in [-0.25, -0.2) is 4.79 Å². The minimum absolute atomic E-state index is 0.230. The number of carbonyl (C=O) groups excluding carboxylic acids is 2. The summed E-state index contributed by atoms with van der Waals surface area (Å²) in [4.78, 5) is 22.9. The van der Waals surface area contributed by atoms with Crippen LogP contribution in [0.3, 0.4) is 0 Å². The number of aromatic amines is 2. The minimum Gasteiger partial charge on any atom is -0.434 e. The van der Waals surface area contributed by atoms with Crippen LogP contribution in [0.2, 0.25) is 0 Å². The molecule has 2 aromatic heterocycles. The van der Waals surface area contributed by atoms with Crippen LogP contribution >= 0.6 is 0 Å². The summed E-state index contributed by atoms with van der Waals surface area (Å²) in [7, 11) is 0. The lowest BCUT2D eigenvalue weighted by Crippen LogP contribution is -2.10. The lowest BCUT2D eigenvalue weighted by atomic mass is 10.0. The molecular formula is C29H24N4O4. The highest BCUT2D eigenvalue weighted by Gasteiger charge is 2.15. The van der Waals surface area contributed by atoms with E-state index in [-0.39, 0.29) is 6.61 Å². The highest BCUT2D eigenvalue weighted by molar-refractivity contribution is 5.78. The van der Waals surface area contributed by atoms with Crippen LogP contribution in [0.25, 0.3) is 45.0 Å². The molecule has 2 heterocycles. The smallest absolute Gasteiger partial charge is 0.434 e. The van der Waals surface area contributed by atoms with Gasteiger partial charge in [0.1, 0.15) is 12.0 Å². The molecule has 0 aliphatic heterocycles. The van der Waals surface area contributed by atoms with Crippen LogP contribution in [0.4, 0.5) is 4.79 Å². The van der Waals surface area contributed by atoms with Crippen LogP contribution in [0.1, 0.15) is 12.5 Å². The third kappa shape index (κ3) is 5.18. The predicted octanol–water partition coefficient (Wildman–Crippen LogP) is 6.08. The maximum atomic E-state index is 11.8.